The number of esters is 1. The third kappa shape index (κ3) is 4.87. The van der Waals surface area contributed by atoms with Gasteiger partial charge in [0.2, 0.25) is 0 Å². The maximum atomic E-state index is 12.4. The smallest absolute Gasteiger partial charge is 0.307 e. The Bertz CT molecular complexity index is 691. The van der Waals surface area contributed by atoms with Crippen molar-refractivity contribution in [2.45, 2.75) is 49.8 Å². The number of carbonyl (C=O) groups is 1. The van der Waals surface area contributed by atoms with E-state index in [2.05, 4.69) is 10.1 Å². The molecule has 1 aliphatic carbocycles. The molecule has 0 spiro atoms. The first kappa shape index (κ1) is 18.0. The Labute approximate surface area is 153 Å². The van der Waals surface area contributed by atoms with Crippen molar-refractivity contribution in [2.24, 2.45) is 20.0 Å². The van der Waals surface area contributed by atoms with E-state index in [-0.39, 0.29) is 12.1 Å². The van der Waals surface area contributed by atoms with Crippen molar-refractivity contribution in [3.63, 3.8) is 0 Å². The van der Waals surface area contributed by atoms with E-state index < -0.39 is 0 Å². The Kier molecular flexibility index (Phi) is 6.18. The van der Waals surface area contributed by atoms with E-state index >= 15 is 0 Å². The number of imidazole rings is 1. The predicted molar refractivity (Wildman–Crippen MR) is 97.2 cm³/mol. The molecule has 0 amide bonds. The monoisotopic (exact) mass is 362 g/mol. The van der Waals surface area contributed by atoms with Gasteiger partial charge in [0.25, 0.3) is 0 Å². The minimum Gasteiger partial charge on any atom is -0.455 e. The molecule has 3 rings (SSSR count). The molecule has 1 unspecified atom stereocenters. The highest BCUT2D eigenvalue weighted by Crippen LogP contribution is 2.36. The molecule has 7 heteroatoms. The molecule has 25 heavy (non-hydrogen) atoms. The highest BCUT2D eigenvalue weighted by Gasteiger charge is 2.30. The second-order valence-electron chi connectivity index (χ2n) is 6.64. The first-order valence-electron chi connectivity index (χ1n) is 8.92. The van der Waals surface area contributed by atoms with Crippen LogP contribution in [0.4, 0.5) is 0 Å². The zero-order valence-corrected chi connectivity index (χ0v) is 15.7. The van der Waals surface area contributed by atoms with E-state index in [9.17, 15) is 4.79 Å². The van der Waals surface area contributed by atoms with Gasteiger partial charge >= 0.3 is 5.97 Å². The zero-order chi connectivity index (χ0) is 17.6. The van der Waals surface area contributed by atoms with E-state index in [0.29, 0.717) is 18.1 Å². The third-order valence-electron chi connectivity index (χ3n) is 4.68. The maximum Gasteiger partial charge on any atom is 0.307 e. The minimum absolute atomic E-state index is 0.150. The van der Waals surface area contributed by atoms with Gasteiger partial charge in [-0.05, 0) is 18.9 Å². The standard InChI is InChI=1S/C18H26N4O2S/c1-21-12-10-19-18(21)25-13-9-16(23)24-17(14-6-4-3-5-7-14)15-8-11-22(2)20-15/h8,10-12,14,17H,3-7,9,13H2,1-2H3. The first-order chi connectivity index (χ1) is 12.1. The SMILES string of the molecule is Cn1ccc(C(OC(=O)CCSc2nccn2C)C2CCCCC2)n1. The van der Waals surface area contributed by atoms with Gasteiger partial charge in [0.1, 0.15) is 11.8 Å². The number of hydrogen-bond acceptors (Lipinski definition) is 5. The fraction of sp³-hybridized carbons (Fsp3) is 0.611. The fourth-order valence-corrected chi connectivity index (χ4v) is 4.19. The number of carbonyl (C=O) groups excluding carboxylic acids is 1. The van der Waals surface area contributed by atoms with Crippen LogP contribution in [-0.4, -0.2) is 31.1 Å². The molecule has 2 aromatic rings. The molecule has 0 saturated heterocycles. The number of aromatic nitrogens is 4. The number of hydrogen-bond donors (Lipinski definition) is 0. The molecule has 6 nitrogen and oxygen atoms in total. The van der Waals surface area contributed by atoms with Gasteiger partial charge in [0, 0.05) is 44.4 Å². The van der Waals surface area contributed by atoms with Gasteiger partial charge in [-0.15, -0.1) is 0 Å². The van der Waals surface area contributed by atoms with Crippen molar-refractivity contribution in [2.75, 3.05) is 5.75 Å². The normalized spacial score (nSPS) is 16.7. The van der Waals surface area contributed by atoms with Crippen LogP contribution in [-0.2, 0) is 23.6 Å². The molecule has 0 aromatic carbocycles. The summed E-state index contributed by atoms with van der Waals surface area (Å²) < 4.78 is 9.61. The Morgan fingerprint density at radius 3 is 2.76 bits per heavy atom. The quantitative estimate of drug-likeness (QED) is 0.557. The van der Waals surface area contributed by atoms with Crippen molar-refractivity contribution in [3.8, 4) is 0 Å². The second kappa shape index (κ2) is 8.56. The van der Waals surface area contributed by atoms with Crippen molar-refractivity contribution in [3.05, 3.63) is 30.4 Å². The van der Waals surface area contributed by atoms with E-state index in [4.69, 9.17) is 4.74 Å². The second-order valence-corrected chi connectivity index (χ2v) is 7.70. The van der Waals surface area contributed by atoms with Crippen LogP contribution < -0.4 is 0 Å². The Morgan fingerprint density at radius 2 is 2.12 bits per heavy atom. The van der Waals surface area contributed by atoms with Crippen LogP contribution in [0.5, 0.6) is 0 Å². The number of thioether (sulfide) groups is 1. The lowest BCUT2D eigenvalue weighted by Crippen LogP contribution is -2.23. The van der Waals surface area contributed by atoms with Gasteiger partial charge in [0.15, 0.2) is 5.16 Å². The van der Waals surface area contributed by atoms with Gasteiger partial charge in [-0.1, -0.05) is 31.0 Å². The van der Waals surface area contributed by atoms with E-state index in [1.165, 1.54) is 19.3 Å². The lowest BCUT2D eigenvalue weighted by molar-refractivity contribution is -0.153. The van der Waals surface area contributed by atoms with Crippen LogP contribution in [0, 0.1) is 5.92 Å². The Morgan fingerprint density at radius 1 is 1.32 bits per heavy atom. The summed E-state index contributed by atoms with van der Waals surface area (Å²) in [5, 5.41) is 5.41. The highest BCUT2D eigenvalue weighted by atomic mass is 32.2. The van der Waals surface area contributed by atoms with Gasteiger partial charge < -0.3 is 9.30 Å². The minimum atomic E-state index is -0.216. The molecule has 0 bridgehead atoms. The van der Waals surface area contributed by atoms with Crippen molar-refractivity contribution in [1.82, 2.24) is 19.3 Å². The van der Waals surface area contributed by atoms with Crippen molar-refractivity contribution >= 4 is 17.7 Å². The zero-order valence-electron chi connectivity index (χ0n) is 14.9. The summed E-state index contributed by atoms with van der Waals surface area (Å²) in [4.78, 5) is 16.7. The molecular formula is C18H26N4O2S. The van der Waals surface area contributed by atoms with Gasteiger partial charge in [-0.25, -0.2) is 4.98 Å². The molecule has 0 N–H and O–H groups in total. The first-order valence-corrected chi connectivity index (χ1v) is 9.91. The largest absolute Gasteiger partial charge is 0.455 e. The van der Waals surface area contributed by atoms with Crippen molar-refractivity contribution in [1.29, 1.82) is 0 Å². The van der Waals surface area contributed by atoms with Crippen LogP contribution in [0.1, 0.15) is 50.3 Å². The molecule has 0 radical (unpaired) electrons. The van der Waals surface area contributed by atoms with Crippen molar-refractivity contribution < 1.29 is 9.53 Å². The van der Waals surface area contributed by atoms with E-state index in [1.54, 1.807) is 22.6 Å². The molecule has 2 heterocycles. The average Bonchev–Trinajstić information content (AvgIpc) is 3.22. The molecule has 136 valence electrons. The maximum absolute atomic E-state index is 12.4. The average molecular weight is 362 g/mol. The lowest BCUT2D eigenvalue weighted by atomic mass is 9.84. The summed E-state index contributed by atoms with van der Waals surface area (Å²) in [6.45, 7) is 0. The van der Waals surface area contributed by atoms with Gasteiger partial charge in [-0.3, -0.25) is 9.48 Å². The summed E-state index contributed by atoms with van der Waals surface area (Å²) in [5.74, 6) is 0.904. The molecule has 2 aromatic heterocycles. The number of nitrogens with zero attached hydrogens (tertiary/aromatic N) is 4. The van der Waals surface area contributed by atoms with Crippen LogP contribution >= 0.6 is 11.8 Å². The fourth-order valence-electron chi connectivity index (χ4n) is 3.34. The van der Waals surface area contributed by atoms with E-state index in [0.717, 1.165) is 23.7 Å². The molecular weight excluding hydrogens is 336 g/mol. The van der Waals surface area contributed by atoms with Crippen LogP contribution in [0.15, 0.2) is 29.8 Å². The topological polar surface area (TPSA) is 61.9 Å². The van der Waals surface area contributed by atoms with Crippen LogP contribution in [0.25, 0.3) is 0 Å². The van der Waals surface area contributed by atoms with E-state index in [1.807, 2.05) is 37.1 Å². The summed E-state index contributed by atoms with van der Waals surface area (Å²) >= 11 is 1.58. The summed E-state index contributed by atoms with van der Waals surface area (Å²) in [5.41, 5.74) is 0.875. The Balaban J connectivity index is 1.57. The molecule has 0 aliphatic heterocycles. The molecule has 1 saturated carbocycles. The van der Waals surface area contributed by atoms with Crippen LogP contribution in [0.3, 0.4) is 0 Å². The molecule has 1 aliphatic rings. The number of aryl methyl sites for hydroxylation is 2. The third-order valence-corrected chi connectivity index (χ3v) is 5.74. The number of rotatable bonds is 7. The van der Waals surface area contributed by atoms with Crippen LogP contribution in [0.2, 0.25) is 0 Å². The number of ether oxygens (including phenoxy) is 1. The van der Waals surface area contributed by atoms with Gasteiger partial charge in [0.05, 0.1) is 6.42 Å². The summed E-state index contributed by atoms with van der Waals surface area (Å²) in [6.07, 6.45) is 11.7. The molecule has 1 fully saturated rings. The highest BCUT2D eigenvalue weighted by molar-refractivity contribution is 7.99. The van der Waals surface area contributed by atoms with Gasteiger partial charge in [-0.2, -0.15) is 5.10 Å². The lowest BCUT2D eigenvalue weighted by Gasteiger charge is -2.28. The summed E-state index contributed by atoms with van der Waals surface area (Å²) in [7, 11) is 3.85. The molecule has 1 atom stereocenters. The summed E-state index contributed by atoms with van der Waals surface area (Å²) in [6, 6.07) is 1.97. The predicted octanol–water partition coefficient (Wildman–Crippen LogP) is 3.50. The Hall–Kier alpha value is -1.76.